The molecule has 0 aliphatic carbocycles. The maximum absolute atomic E-state index is 11.7. The Hall–Kier alpha value is -2.85. The van der Waals surface area contributed by atoms with Gasteiger partial charge in [0.1, 0.15) is 12.4 Å². The number of nitrogens with zero attached hydrogens (tertiary/aromatic N) is 1. The van der Waals surface area contributed by atoms with Gasteiger partial charge >= 0.3 is 6.09 Å². The first-order valence-corrected chi connectivity index (χ1v) is 8.34. The van der Waals surface area contributed by atoms with Crippen molar-refractivity contribution in [1.29, 1.82) is 5.26 Å². The number of benzene rings is 2. The second kappa shape index (κ2) is 7.42. The third-order valence-corrected chi connectivity index (χ3v) is 4.43. The molecule has 7 heteroatoms. The number of ether oxygens (including phenoxy) is 1. The number of carbonyl (C=O) groups is 1. The van der Waals surface area contributed by atoms with Crippen LogP contribution in [0, 0.1) is 11.3 Å². The predicted molar refractivity (Wildman–Crippen MR) is 84.4 cm³/mol. The van der Waals surface area contributed by atoms with Gasteiger partial charge in [0, 0.05) is 5.69 Å². The number of hydrogen-bond acceptors (Lipinski definition) is 5. The molecule has 118 valence electrons. The third-order valence-electron chi connectivity index (χ3n) is 2.93. The molecule has 0 aliphatic rings. The van der Waals surface area contributed by atoms with Crippen LogP contribution in [0.1, 0.15) is 5.56 Å². The number of sulfone groups is 1. The van der Waals surface area contributed by atoms with Gasteiger partial charge in [-0.3, -0.25) is 5.32 Å². The summed E-state index contributed by atoms with van der Waals surface area (Å²) in [6, 6.07) is 16.4. The maximum Gasteiger partial charge on any atom is 0.411 e. The van der Waals surface area contributed by atoms with Crippen molar-refractivity contribution in [2.75, 3.05) is 11.1 Å². The molecular weight excluding hydrogens is 316 g/mol. The molecule has 0 atom stereocenters. The highest BCUT2D eigenvalue weighted by Crippen LogP contribution is 2.15. The first-order valence-electron chi connectivity index (χ1n) is 6.69. The molecule has 1 N–H and O–H groups in total. The average molecular weight is 330 g/mol. The van der Waals surface area contributed by atoms with Crippen LogP contribution in [0.4, 0.5) is 10.5 Å². The summed E-state index contributed by atoms with van der Waals surface area (Å²) in [5.41, 5.74) is 1.26. The Morgan fingerprint density at radius 1 is 1.09 bits per heavy atom. The minimum atomic E-state index is -3.61. The lowest BCUT2D eigenvalue weighted by atomic mass is 10.2. The minimum Gasteiger partial charge on any atom is -0.444 e. The fourth-order valence-corrected chi connectivity index (χ4v) is 2.68. The highest BCUT2D eigenvalue weighted by molar-refractivity contribution is 7.91. The van der Waals surface area contributed by atoms with E-state index in [0.29, 0.717) is 5.69 Å². The summed E-state index contributed by atoms with van der Waals surface area (Å²) < 4.78 is 28.4. The van der Waals surface area contributed by atoms with Gasteiger partial charge in [-0.2, -0.15) is 5.26 Å². The summed E-state index contributed by atoms with van der Waals surface area (Å²) >= 11 is 0. The number of nitriles is 1. The Labute approximate surface area is 134 Å². The van der Waals surface area contributed by atoms with Crippen molar-refractivity contribution >= 4 is 21.6 Å². The van der Waals surface area contributed by atoms with Crippen LogP contribution in [-0.4, -0.2) is 20.3 Å². The summed E-state index contributed by atoms with van der Waals surface area (Å²) in [5.74, 6) is -0.584. The van der Waals surface area contributed by atoms with Crippen LogP contribution >= 0.6 is 0 Å². The van der Waals surface area contributed by atoms with E-state index in [4.69, 9.17) is 10.00 Å². The zero-order valence-corrected chi connectivity index (χ0v) is 12.9. The number of nitrogens with one attached hydrogen (secondary N) is 1. The van der Waals surface area contributed by atoms with Crippen molar-refractivity contribution < 1.29 is 17.9 Å². The number of amides is 1. The standard InChI is InChI=1S/C16H14N2O4S/c17-10-11-23(20,21)15-8-6-14(7-9-15)18-16(19)22-12-13-4-2-1-3-5-13/h1-9H,11-12H2,(H,18,19). The Kier molecular flexibility index (Phi) is 5.33. The van der Waals surface area contributed by atoms with Crippen molar-refractivity contribution in [3.63, 3.8) is 0 Å². The predicted octanol–water partition coefficient (Wildman–Crippen LogP) is 2.73. The topological polar surface area (TPSA) is 96.3 Å². The van der Waals surface area contributed by atoms with Gasteiger partial charge in [0.05, 0.1) is 11.0 Å². The molecule has 0 radical (unpaired) electrons. The van der Waals surface area contributed by atoms with Crippen LogP contribution in [0.25, 0.3) is 0 Å². The molecule has 0 unspecified atom stereocenters. The summed E-state index contributed by atoms with van der Waals surface area (Å²) in [6.07, 6.45) is -0.638. The van der Waals surface area contributed by atoms with Gasteiger partial charge in [-0.25, -0.2) is 13.2 Å². The van der Waals surface area contributed by atoms with E-state index in [2.05, 4.69) is 5.32 Å². The fourth-order valence-electron chi connectivity index (χ4n) is 1.79. The summed E-state index contributed by atoms with van der Waals surface area (Å²) in [4.78, 5) is 11.7. The van der Waals surface area contributed by atoms with Crippen molar-refractivity contribution in [2.24, 2.45) is 0 Å². The Morgan fingerprint density at radius 2 is 1.74 bits per heavy atom. The number of carbonyl (C=O) groups excluding carboxylic acids is 1. The molecule has 23 heavy (non-hydrogen) atoms. The highest BCUT2D eigenvalue weighted by atomic mass is 32.2. The SMILES string of the molecule is N#CCS(=O)(=O)c1ccc(NC(=O)OCc2ccccc2)cc1. The highest BCUT2D eigenvalue weighted by Gasteiger charge is 2.13. The second-order valence-electron chi connectivity index (χ2n) is 4.63. The number of hydrogen-bond donors (Lipinski definition) is 1. The third kappa shape index (κ3) is 4.83. The van der Waals surface area contributed by atoms with E-state index in [-0.39, 0.29) is 11.5 Å². The van der Waals surface area contributed by atoms with Gasteiger partial charge in [-0.05, 0) is 29.8 Å². The molecule has 0 saturated carbocycles. The van der Waals surface area contributed by atoms with E-state index in [1.165, 1.54) is 24.3 Å². The average Bonchev–Trinajstić information content (AvgIpc) is 2.54. The molecule has 0 bridgehead atoms. The lowest BCUT2D eigenvalue weighted by Gasteiger charge is -2.07. The molecule has 1 amide bonds. The van der Waals surface area contributed by atoms with Crippen molar-refractivity contribution in [1.82, 2.24) is 0 Å². The molecule has 0 saturated heterocycles. The zero-order chi connectivity index (χ0) is 16.7. The largest absolute Gasteiger partial charge is 0.444 e. The van der Waals surface area contributed by atoms with E-state index in [0.717, 1.165) is 5.56 Å². The summed E-state index contributed by atoms with van der Waals surface area (Å²) in [6.45, 7) is 0.140. The van der Waals surface area contributed by atoms with Crippen LogP contribution in [-0.2, 0) is 21.2 Å². The van der Waals surface area contributed by atoms with E-state index in [1.807, 2.05) is 30.3 Å². The molecule has 2 aromatic rings. The van der Waals surface area contributed by atoms with Crippen molar-refractivity contribution in [3.05, 3.63) is 60.2 Å². The number of rotatable bonds is 5. The second-order valence-corrected chi connectivity index (χ2v) is 6.62. The monoisotopic (exact) mass is 330 g/mol. The lowest BCUT2D eigenvalue weighted by Crippen LogP contribution is -2.13. The molecule has 2 aromatic carbocycles. The first kappa shape index (κ1) is 16.5. The summed E-state index contributed by atoms with van der Waals surface area (Å²) in [7, 11) is -3.61. The van der Waals surface area contributed by atoms with Crippen LogP contribution in [0.5, 0.6) is 0 Å². The fraction of sp³-hybridized carbons (Fsp3) is 0.125. The Balaban J connectivity index is 1.93. The number of anilines is 1. The van der Waals surface area contributed by atoms with Gasteiger partial charge in [0.2, 0.25) is 0 Å². The Bertz CT molecular complexity index is 809. The molecule has 0 spiro atoms. The van der Waals surface area contributed by atoms with Crippen LogP contribution in [0.2, 0.25) is 0 Å². The van der Waals surface area contributed by atoms with Crippen LogP contribution in [0.3, 0.4) is 0 Å². The zero-order valence-electron chi connectivity index (χ0n) is 12.1. The molecule has 6 nitrogen and oxygen atoms in total. The van der Waals surface area contributed by atoms with Crippen LogP contribution in [0.15, 0.2) is 59.5 Å². The lowest BCUT2D eigenvalue weighted by molar-refractivity contribution is 0.155. The van der Waals surface area contributed by atoms with Gasteiger partial charge < -0.3 is 4.74 Å². The van der Waals surface area contributed by atoms with Crippen molar-refractivity contribution in [3.8, 4) is 6.07 Å². The van der Waals surface area contributed by atoms with Gasteiger partial charge in [-0.15, -0.1) is 0 Å². The van der Waals surface area contributed by atoms with E-state index in [9.17, 15) is 13.2 Å². The Morgan fingerprint density at radius 3 is 2.35 bits per heavy atom. The van der Waals surface area contributed by atoms with Crippen molar-refractivity contribution in [2.45, 2.75) is 11.5 Å². The molecule has 0 fully saturated rings. The maximum atomic E-state index is 11.7. The normalized spacial score (nSPS) is 10.6. The van der Waals surface area contributed by atoms with E-state index in [1.54, 1.807) is 6.07 Å². The van der Waals surface area contributed by atoms with E-state index < -0.39 is 21.7 Å². The van der Waals surface area contributed by atoms with E-state index >= 15 is 0 Å². The first-order chi connectivity index (χ1) is 11.0. The molecular formula is C16H14N2O4S. The molecule has 0 aliphatic heterocycles. The van der Waals surface area contributed by atoms with Crippen LogP contribution < -0.4 is 5.32 Å². The smallest absolute Gasteiger partial charge is 0.411 e. The minimum absolute atomic E-state index is 0.0299. The molecule has 0 aromatic heterocycles. The van der Waals surface area contributed by atoms with Gasteiger partial charge in [-0.1, -0.05) is 30.3 Å². The van der Waals surface area contributed by atoms with Gasteiger partial charge in [0.25, 0.3) is 0 Å². The quantitative estimate of drug-likeness (QED) is 0.909. The molecule has 0 heterocycles. The molecule has 2 rings (SSSR count). The summed E-state index contributed by atoms with van der Waals surface area (Å²) in [5, 5.41) is 11.0. The van der Waals surface area contributed by atoms with Gasteiger partial charge in [0.15, 0.2) is 9.84 Å².